The molecule has 2 aliphatic heterocycles. The Morgan fingerprint density at radius 1 is 0.889 bits per heavy atom. The molecule has 0 bridgehead atoms. The van der Waals surface area contributed by atoms with Gasteiger partial charge >= 0.3 is 20.1 Å². The average Bonchev–Trinajstić information content (AvgIpc) is 3.40. The van der Waals surface area contributed by atoms with Crippen molar-refractivity contribution in [1.82, 2.24) is 9.88 Å². The molecule has 0 fully saturated rings. The van der Waals surface area contributed by atoms with Crippen molar-refractivity contribution >= 4 is 0 Å². The van der Waals surface area contributed by atoms with Crippen LogP contribution in [0.4, 0.5) is 17.6 Å². The molecule has 0 saturated carbocycles. The summed E-state index contributed by atoms with van der Waals surface area (Å²) in [7, 11) is 0. The molecular weight excluding hydrogens is 647 g/mol. The first-order valence-corrected chi connectivity index (χ1v) is 10.9. The van der Waals surface area contributed by atoms with Gasteiger partial charge in [-0.1, -0.05) is 60.5 Å². The number of hydrogen-bond donors (Lipinski definition) is 0. The van der Waals surface area contributed by atoms with Gasteiger partial charge in [-0.25, -0.2) is 8.78 Å². The Morgan fingerprint density at radius 2 is 1.69 bits per heavy atom. The van der Waals surface area contributed by atoms with Crippen LogP contribution in [0, 0.1) is 35.4 Å². The van der Waals surface area contributed by atoms with E-state index in [4.69, 9.17) is 0 Å². The third-order valence-corrected chi connectivity index (χ3v) is 5.83. The second kappa shape index (κ2) is 11.1. The van der Waals surface area contributed by atoms with Gasteiger partial charge in [-0.15, -0.1) is 0 Å². The Balaban J connectivity index is 0.000000185. The quantitative estimate of drug-likeness (QED) is 0.100. The summed E-state index contributed by atoms with van der Waals surface area (Å²) in [6.07, 6.45) is 6.72. The maximum absolute atomic E-state index is 13.7. The van der Waals surface area contributed by atoms with Crippen molar-refractivity contribution < 1.29 is 37.7 Å². The molecular formula is C28H18F4IrN3. The maximum atomic E-state index is 13.7. The largest absolute Gasteiger partial charge is 3.00 e. The van der Waals surface area contributed by atoms with Gasteiger partial charge in [0.1, 0.15) is 11.6 Å². The number of nitrogens with zero attached hydrogens (tertiary/aromatic N) is 3. The van der Waals surface area contributed by atoms with Crippen molar-refractivity contribution in [3.63, 3.8) is 0 Å². The van der Waals surface area contributed by atoms with E-state index in [0.29, 0.717) is 0 Å². The standard InChI is InChI=1S/C17H8F4N.C11H10N2.Ir/c18-13-8-12(15(19)17(21)16(13)20)14-7-6-11(9-22-14)10-4-2-1-3-5-10;1-2-4-10-9(3-1)5-7-13-8-6-12-11(10)13;/h1-7,9H;1-3,6,8,11H,5,7H2;/q-1;-2;+3. The van der Waals surface area contributed by atoms with Crippen LogP contribution in [0.15, 0.2) is 79.3 Å². The smallest absolute Gasteiger partial charge is 0.668 e. The summed E-state index contributed by atoms with van der Waals surface area (Å²) in [6, 6.07) is 23.6. The van der Waals surface area contributed by atoms with Crippen LogP contribution in [0.1, 0.15) is 17.3 Å². The second-order valence-corrected chi connectivity index (χ2v) is 7.97. The van der Waals surface area contributed by atoms with E-state index in [1.165, 1.54) is 23.4 Å². The summed E-state index contributed by atoms with van der Waals surface area (Å²) in [5.74, 6) is -6.86. The van der Waals surface area contributed by atoms with Crippen LogP contribution in [-0.2, 0) is 26.5 Å². The number of benzene rings is 3. The minimum absolute atomic E-state index is 0. The minimum Gasteiger partial charge on any atom is -0.668 e. The number of fused-ring (bicyclic) bond motifs is 3. The van der Waals surface area contributed by atoms with E-state index < -0.39 is 28.8 Å². The molecule has 4 aromatic rings. The Kier molecular flexibility index (Phi) is 7.87. The molecule has 0 amide bonds. The van der Waals surface area contributed by atoms with Gasteiger partial charge < -0.3 is 15.2 Å². The fourth-order valence-corrected chi connectivity index (χ4v) is 4.04. The molecule has 36 heavy (non-hydrogen) atoms. The van der Waals surface area contributed by atoms with Crippen molar-refractivity contribution in [3.05, 3.63) is 131 Å². The van der Waals surface area contributed by atoms with Crippen LogP contribution in [0.2, 0.25) is 0 Å². The molecule has 0 radical (unpaired) electrons. The summed E-state index contributed by atoms with van der Waals surface area (Å²) in [4.78, 5) is 6.23. The van der Waals surface area contributed by atoms with E-state index in [9.17, 15) is 17.6 Å². The molecule has 1 aromatic heterocycles. The predicted molar refractivity (Wildman–Crippen MR) is 125 cm³/mol. The fourth-order valence-electron chi connectivity index (χ4n) is 4.04. The number of hydrogen-bond acceptors (Lipinski definition) is 2. The molecule has 8 heteroatoms. The van der Waals surface area contributed by atoms with E-state index in [2.05, 4.69) is 39.6 Å². The monoisotopic (exact) mass is 665 g/mol. The predicted octanol–water partition coefficient (Wildman–Crippen LogP) is 6.97. The SMILES string of the molecule is Fc1[c-]c(-c2ccc(-c3ccccc3)cn2)c(F)c(F)c1F.[Ir+3].[c-]1cccc2c1C1[N-]C=CN1CC2. The topological polar surface area (TPSA) is 30.2 Å². The Labute approximate surface area is 219 Å². The van der Waals surface area contributed by atoms with Gasteiger partial charge in [0.2, 0.25) is 0 Å². The molecule has 3 aromatic carbocycles. The molecule has 0 spiro atoms. The molecule has 0 saturated heterocycles. The Hall–Kier alpha value is -3.48. The van der Waals surface area contributed by atoms with Crippen molar-refractivity contribution in [3.8, 4) is 22.4 Å². The van der Waals surface area contributed by atoms with Gasteiger partial charge in [0, 0.05) is 12.7 Å². The molecule has 3 heterocycles. The molecule has 0 aliphatic carbocycles. The summed E-state index contributed by atoms with van der Waals surface area (Å²) in [5.41, 5.74) is 3.72. The van der Waals surface area contributed by atoms with Crippen molar-refractivity contribution in [1.29, 1.82) is 0 Å². The summed E-state index contributed by atoms with van der Waals surface area (Å²) in [6.45, 7) is 1.08. The van der Waals surface area contributed by atoms with Gasteiger partial charge in [-0.05, 0) is 29.2 Å². The zero-order valence-electron chi connectivity index (χ0n) is 18.7. The van der Waals surface area contributed by atoms with Crippen molar-refractivity contribution in [2.75, 3.05) is 6.54 Å². The first kappa shape index (κ1) is 25.6. The van der Waals surface area contributed by atoms with Gasteiger partial charge in [0.05, 0.1) is 11.6 Å². The van der Waals surface area contributed by atoms with Gasteiger partial charge in [-0.2, -0.15) is 41.6 Å². The van der Waals surface area contributed by atoms with Crippen molar-refractivity contribution in [2.24, 2.45) is 0 Å². The third-order valence-electron chi connectivity index (χ3n) is 5.83. The average molecular weight is 665 g/mol. The molecule has 3 nitrogen and oxygen atoms in total. The first-order chi connectivity index (χ1) is 17.0. The number of halogens is 4. The Bertz CT molecular complexity index is 1380. The van der Waals surface area contributed by atoms with Gasteiger partial charge in [-0.3, -0.25) is 8.78 Å². The van der Waals surface area contributed by atoms with Crippen LogP contribution in [-0.4, -0.2) is 16.4 Å². The van der Waals surface area contributed by atoms with E-state index in [1.54, 1.807) is 6.07 Å². The van der Waals surface area contributed by atoms with E-state index >= 15 is 0 Å². The van der Waals surface area contributed by atoms with E-state index in [0.717, 1.165) is 24.1 Å². The second-order valence-electron chi connectivity index (χ2n) is 7.97. The first-order valence-electron chi connectivity index (χ1n) is 10.9. The fraction of sp³-hybridized carbons (Fsp3) is 0.107. The van der Waals surface area contributed by atoms with Crippen molar-refractivity contribution in [2.45, 2.75) is 12.6 Å². The number of pyridine rings is 1. The van der Waals surface area contributed by atoms with Crippen LogP contribution in [0.3, 0.4) is 0 Å². The maximum Gasteiger partial charge on any atom is 3.00 e. The molecule has 1 atom stereocenters. The molecule has 6 rings (SSSR count). The van der Waals surface area contributed by atoms with E-state index in [1.807, 2.05) is 48.7 Å². The van der Waals surface area contributed by atoms with Crippen LogP contribution < -0.4 is 0 Å². The van der Waals surface area contributed by atoms with Gasteiger partial charge in [0.15, 0.2) is 0 Å². The molecule has 182 valence electrons. The summed E-state index contributed by atoms with van der Waals surface area (Å²) in [5, 5.41) is 4.41. The minimum atomic E-state index is -1.89. The van der Waals surface area contributed by atoms with Crippen LogP contribution in [0.25, 0.3) is 27.7 Å². The third kappa shape index (κ3) is 5.06. The number of aromatic nitrogens is 1. The normalized spacial score (nSPS) is 15.1. The van der Waals surface area contributed by atoms with Crippen LogP contribution in [0.5, 0.6) is 0 Å². The zero-order valence-corrected chi connectivity index (χ0v) is 21.1. The number of rotatable bonds is 2. The summed E-state index contributed by atoms with van der Waals surface area (Å²) >= 11 is 0. The molecule has 1 unspecified atom stereocenters. The van der Waals surface area contributed by atoms with Gasteiger partial charge in [0.25, 0.3) is 0 Å². The van der Waals surface area contributed by atoms with E-state index in [-0.39, 0.29) is 32.0 Å². The molecule has 2 aliphatic rings. The molecule has 0 N–H and O–H groups in total. The Morgan fingerprint density at radius 3 is 2.44 bits per heavy atom. The van der Waals surface area contributed by atoms with Crippen LogP contribution >= 0.6 is 0 Å². The zero-order chi connectivity index (χ0) is 24.4. The summed E-state index contributed by atoms with van der Waals surface area (Å²) < 4.78 is 53.1.